The number of hydrogen-bond donors (Lipinski definition) is 2. The summed E-state index contributed by atoms with van der Waals surface area (Å²) >= 11 is 11.8. The second-order valence-corrected chi connectivity index (χ2v) is 5.00. The Bertz CT molecular complexity index is 686. The van der Waals surface area contributed by atoms with E-state index < -0.39 is 0 Å². The van der Waals surface area contributed by atoms with Gasteiger partial charge in [-0.15, -0.1) is 0 Å². The highest BCUT2D eigenvalue weighted by molar-refractivity contribution is 6.36. The molecule has 0 atom stereocenters. The van der Waals surface area contributed by atoms with Gasteiger partial charge in [0.15, 0.2) is 0 Å². The van der Waals surface area contributed by atoms with Crippen LogP contribution in [0.1, 0.15) is 15.9 Å². The van der Waals surface area contributed by atoms with Gasteiger partial charge in [-0.25, -0.2) is 5.43 Å². The van der Waals surface area contributed by atoms with Gasteiger partial charge in [0.2, 0.25) is 0 Å². The van der Waals surface area contributed by atoms with Crippen molar-refractivity contribution >= 4 is 41.0 Å². The number of carbonyl (C=O) groups excluding carboxylic acids is 1. The Morgan fingerprint density at radius 2 is 1.95 bits per heavy atom. The predicted octanol–water partition coefficient (Wildman–Crippen LogP) is 3.80. The molecule has 0 saturated carbocycles. The Balaban J connectivity index is 2.08. The Morgan fingerprint density at radius 1 is 1.19 bits per heavy atom. The molecule has 0 radical (unpaired) electrons. The number of nitrogens with one attached hydrogen (secondary N) is 2. The number of anilines is 1. The number of halogens is 2. The van der Waals surface area contributed by atoms with Crippen LogP contribution in [-0.2, 0) is 0 Å². The Morgan fingerprint density at radius 3 is 2.67 bits per heavy atom. The van der Waals surface area contributed by atoms with Crippen LogP contribution in [0.2, 0.25) is 10.0 Å². The molecule has 6 heteroatoms. The quantitative estimate of drug-likeness (QED) is 0.664. The maximum atomic E-state index is 12.0. The first-order valence-corrected chi connectivity index (χ1v) is 6.92. The SMILES string of the molecule is CNc1ccccc1C(=O)N/N=C\c1ccc(Cl)cc1Cl. The zero-order valence-corrected chi connectivity index (χ0v) is 12.7. The van der Waals surface area contributed by atoms with Gasteiger partial charge in [0.05, 0.1) is 16.8 Å². The molecule has 0 aromatic heterocycles. The first-order chi connectivity index (χ1) is 10.1. The number of para-hydroxylation sites is 1. The fourth-order valence-electron chi connectivity index (χ4n) is 1.73. The van der Waals surface area contributed by atoms with Gasteiger partial charge >= 0.3 is 0 Å². The van der Waals surface area contributed by atoms with E-state index in [2.05, 4.69) is 15.8 Å². The third kappa shape index (κ3) is 3.97. The Kier molecular flexibility index (Phi) is 5.20. The molecule has 2 aromatic carbocycles. The van der Waals surface area contributed by atoms with Crippen molar-refractivity contribution in [2.45, 2.75) is 0 Å². The van der Waals surface area contributed by atoms with Crippen LogP contribution in [0.3, 0.4) is 0 Å². The maximum absolute atomic E-state index is 12.0. The monoisotopic (exact) mass is 321 g/mol. The number of hydrazone groups is 1. The lowest BCUT2D eigenvalue weighted by Crippen LogP contribution is -2.19. The van der Waals surface area contributed by atoms with Gasteiger partial charge in [-0.1, -0.05) is 41.4 Å². The van der Waals surface area contributed by atoms with Gasteiger partial charge in [-0.05, 0) is 24.3 Å². The van der Waals surface area contributed by atoms with E-state index in [1.165, 1.54) is 6.21 Å². The summed E-state index contributed by atoms with van der Waals surface area (Å²) in [6.45, 7) is 0. The molecule has 108 valence electrons. The number of carbonyl (C=O) groups is 1. The summed E-state index contributed by atoms with van der Waals surface area (Å²) in [7, 11) is 1.75. The van der Waals surface area contributed by atoms with E-state index in [1.54, 1.807) is 37.4 Å². The normalized spacial score (nSPS) is 10.6. The minimum atomic E-state index is -0.304. The molecule has 0 spiro atoms. The second kappa shape index (κ2) is 7.11. The minimum absolute atomic E-state index is 0.304. The molecule has 1 amide bonds. The lowest BCUT2D eigenvalue weighted by molar-refractivity contribution is 0.0956. The highest BCUT2D eigenvalue weighted by atomic mass is 35.5. The lowest BCUT2D eigenvalue weighted by Gasteiger charge is -2.06. The molecular formula is C15H13Cl2N3O. The first kappa shape index (κ1) is 15.4. The van der Waals surface area contributed by atoms with Crippen molar-refractivity contribution < 1.29 is 4.79 Å². The van der Waals surface area contributed by atoms with Crippen LogP contribution in [0.25, 0.3) is 0 Å². The van der Waals surface area contributed by atoms with Crippen LogP contribution < -0.4 is 10.7 Å². The zero-order valence-electron chi connectivity index (χ0n) is 11.2. The molecule has 0 aliphatic rings. The standard InChI is InChI=1S/C15H13Cl2N3O/c1-18-14-5-3-2-4-12(14)15(21)20-19-9-10-6-7-11(16)8-13(10)17/h2-9,18H,1H3,(H,20,21)/b19-9-. The van der Waals surface area contributed by atoms with Crippen molar-refractivity contribution in [1.82, 2.24) is 5.43 Å². The summed E-state index contributed by atoms with van der Waals surface area (Å²) in [5.74, 6) is -0.304. The molecule has 4 nitrogen and oxygen atoms in total. The van der Waals surface area contributed by atoms with Crippen molar-refractivity contribution in [3.8, 4) is 0 Å². The molecular weight excluding hydrogens is 309 g/mol. The van der Waals surface area contributed by atoms with Gasteiger partial charge in [-0.3, -0.25) is 4.79 Å². The van der Waals surface area contributed by atoms with Crippen LogP contribution in [0, 0.1) is 0 Å². The molecule has 0 fully saturated rings. The number of nitrogens with zero attached hydrogens (tertiary/aromatic N) is 1. The fourth-order valence-corrected chi connectivity index (χ4v) is 2.18. The zero-order chi connectivity index (χ0) is 15.2. The van der Waals surface area contributed by atoms with Gasteiger partial charge in [-0.2, -0.15) is 5.10 Å². The summed E-state index contributed by atoms with van der Waals surface area (Å²) in [6, 6.07) is 12.2. The second-order valence-electron chi connectivity index (χ2n) is 4.16. The van der Waals surface area contributed by atoms with Crippen molar-refractivity contribution in [3.05, 3.63) is 63.6 Å². The van der Waals surface area contributed by atoms with Gasteiger partial charge < -0.3 is 5.32 Å². The molecule has 0 saturated heterocycles. The Hall–Kier alpha value is -2.04. The molecule has 2 aromatic rings. The van der Waals surface area contributed by atoms with Crippen LogP contribution >= 0.6 is 23.2 Å². The maximum Gasteiger partial charge on any atom is 0.273 e. The summed E-state index contributed by atoms with van der Waals surface area (Å²) < 4.78 is 0. The van der Waals surface area contributed by atoms with Crippen molar-refractivity contribution in [2.24, 2.45) is 5.10 Å². The van der Waals surface area contributed by atoms with Crippen LogP contribution in [0.5, 0.6) is 0 Å². The van der Waals surface area contributed by atoms with E-state index in [0.717, 1.165) is 5.69 Å². The average molecular weight is 322 g/mol. The third-order valence-corrected chi connectivity index (χ3v) is 3.34. The van der Waals surface area contributed by atoms with Crippen LogP contribution in [0.4, 0.5) is 5.69 Å². The number of amides is 1. The third-order valence-electron chi connectivity index (χ3n) is 2.77. The van der Waals surface area contributed by atoms with E-state index in [0.29, 0.717) is 21.2 Å². The first-order valence-electron chi connectivity index (χ1n) is 6.17. The predicted molar refractivity (Wildman–Crippen MR) is 87.5 cm³/mol. The van der Waals surface area contributed by atoms with Gasteiger partial charge in [0.25, 0.3) is 5.91 Å². The summed E-state index contributed by atoms with van der Waals surface area (Å²) in [5.41, 5.74) is 4.38. The van der Waals surface area contributed by atoms with Gasteiger partial charge in [0.1, 0.15) is 0 Å². The van der Waals surface area contributed by atoms with Crippen LogP contribution in [0.15, 0.2) is 47.6 Å². The number of rotatable bonds is 4. The lowest BCUT2D eigenvalue weighted by atomic mass is 10.1. The molecule has 21 heavy (non-hydrogen) atoms. The van der Waals surface area contributed by atoms with Crippen molar-refractivity contribution in [2.75, 3.05) is 12.4 Å². The van der Waals surface area contributed by atoms with Gasteiger partial charge in [0, 0.05) is 23.3 Å². The van der Waals surface area contributed by atoms with E-state index >= 15 is 0 Å². The minimum Gasteiger partial charge on any atom is -0.387 e. The molecule has 0 bridgehead atoms. The highest BCUT2D eigenvalue weighted by Gasteiger charge is 2.08. The fraction of sp³-hybridized carbons (Fsp3) is 0.0667. The molecule has 0 aliphatic heterocycles. The molecule has 2 rings (SSSR count). The van der Waals surface area contributed by atoms with E-state index in [-0.39, 0.29) is 5.91 Å². The molecule has 0 aliphatic carbocycles. The smallest absolute Gasteiger partial charge is 0.273 e. The van der Waals surface area contributed by atoms with E-state index in [9.17, 15) is 4.79 Å². The van der Waals surface area contributed by atoms with Crippen LogP contribution in [-0.4, -0.2) is 19.2 Å². The number of benzene rings is 2. The van der Waals surface area contributed by atoms with E-state index in [4.69, 9.17) is 23.2 Å². The molecule has 0 unspecified atom stereocenters. The summed E-state index contributed by atoms with van der Waals surface area (Å²) in [5, 5.41) is 7.87. The topological polar surface area (TPSA) is 53.5 Å². The molecule has 0 heterocycles. The highest BCUT2D eigenvalue weighted by Crippen LogP contribution is 2.19. The average Bonchev–Trinajstić information content (AvgIpc) is 2.49. The number of hydrogen-bond acceptors (Lipinski definition) is 3. The molecule has 2 N–H and O–H groups in total. The summed E-state index contributed by atoms with van der Waals surface area (Å²) in [4.78, 5) is 12.0. The summed E-state index contributed by atoms with van der Waals surface area (Å²) in [6.07, 6.45) is 1.47. The largest absolute Gasteiger partial charge is 0.387 e. The Labute approximate surface area is 132 Å². The van der Waals surface area contributed by atoms with Crippen molar-refractivity contribution in [1.29, 1.82) is 0 Å². The van der Waals surface area contributed by atoms with E-state index in [1.807, 2.05) is 12.1 Å². The van der Waals surface area contributed by atoms with Crippen molar-refractivity contribution in [3.63, 3.8) is 0 Å².